The van der Waals surface area contributed by atoms with Gasteiger partial charge in [0, 0.05) is 39.1 Å². The van der Waals surface area contributed by atoms with Crippen molar-refractivity contribution in [1.29, 1.82) is 0 Å². The van der Waals surface area contributed by atoms with Crippen LogP contribution >= 0.6 is 49.2 Å². The molecule has 0 aliphatic carbocycles. The molecule has 0 radical (unpaired) electrons. The van der Waals surface area contributed by atoms with E-state index in [-0.39, 0.29) is 94.3 Å². The van der Waals surface area contributed by atoms with E-state index in [0.717, 1.165) is 0 Å². The first-order valence-corrected chi connectivity index (χ1v) is 32.2. The molecule has 1 saturated heterocycles. The number of para-hydroxylation sites is 1. The summed E-state index contributed by atoms with van der Waals surface area (Å²) in [5, 5.41) is 67.6. The van der Waals surface area contributed by atoms with Crippen molar-refractivity contribution in [2.24, 2.45) is 5.92 Å². The molecule has 1 aliphatic rings. The molecule has 90 heavy (non-hydrogen) atoms. The summed E-state index contributed by atoms with van der Waals surface area (Å²) < 4.78 is 0. The predicted molar refractivity (Wildman–Crippen MR) is 353 cm³/mol. The van der Waals surface area contributed by atoms with Gasteiger partial charge in [0.1, 0.15) is 60.4 Å². The van der Waals surface area contributed by atoms with E-state index in [1.165, 1.54) is 19.9 Å². The summed E-state index contributed by atoms with van der Waals surface area (Å²) >= 11 is 6.22. The highest BCUT2D eigenvalue weighted by molar-refractivity contribution is 7.14. The summed E-state index contributed by atoms with van der Waals surface area (Å²) in [6.45, 7) is 6.31. The molecule has 0 saturated carbocycles. The van der Waals surface area contributed by atoms with E-state index in [1.807, 2.05) is 13.8 Å². The second-order valence-corrected chi connectivity index (χ2v) is 23.8. The topological polar surface area (TPSA) is 433 Å². The number of benzene rings is 2. The summed E-state index contributed by atoms with van der Waals surface area (Å²) in [6.07, 6.45) is -3.93. The van der Waals surface area contributed by atoms with Crippen molar-refractivity contribution in [2.45, 2.75) is 152 Å². The van der Waals surface area contributed by atoms with Crippen molar-refractivity contribution in [2.75, 3.05) is 51.6 Å². The Kier molecular flexibility index (Phi) is 36.8. The van der Waals surface area contributed by atoms with E-state index in [2.05, 4.69) is 127 Å². The number of aliphatic hydroxyl groups excluding tert-OH is 2. The molecule has 2 aromatic carbocycles. The number of hydrogen-bond donors (Lipinski definition) is 19. The third kappa shape index (κ3) is 27.9. The molecule has 2 aromatic rings. The number of hydrogen-bond acceptors (Lipinski definition) is 18. The average molecular weight is 1360 g/mol. The number of halogens is 1. The van der Waals surface area contributed by atoms with Crippen LogP contribution in [0.15, 0.2) is 54.6 Å². The Morgan fingerprint density at radius 1 is 0.567 bits per heavy atom. The number of nitrogens with one attached hydrogen (secondary N) is 17. The van der Waals surface area contributed by atoms with Crippen LogP contribution in [0.2, 0.25) is 5.02 Å². The van der Waals surface area contributed by atoms with E-state index in [4.69, 9.17) is 11.6 Å². The molecular formula is C55H92ClN17O13P4. The lowest BCUT2D eigenvalue weighted by atomic mass is 10.00. The largest absolute Gasteiger partial charge is 0.391 e. The van der Waals surface area contributed by atoms with Crippen LogP contribution in [0.3, 0.4) is 0 Å². The van der Waals surface area contributed by atoms with Crippen molar-refractivity contribution >= 4 is 120 Å². The van der Waals surface area contributed by atoms with Gasteiger partial charge in [0.05, 0.1) is 22.9 Å². The smallest absolute Gasteiger partial charge is 0.319 e. The minimum atomic E-state index is -1.73. The number of anilines is 1. The first-order valence-electron chi connectivity index (χ1n) is 29.5. The van der Waals surface area contributed by atoms with Crippen LogP contribution in [0.4, 0.5) is 10.5 Å². The number of rotatable bonds is 29. The van der Waals surface area contributed by atoms with Crippen LogP contribution in [0.1, 0.15) is 78.2 Å². The zero-order valence-electron chi connectivity index (χ0n) is 51.2. The van der Waals surface area contributed by atoms with Gasteiger partial charge in [-0.3, -0.25) is 47.9 Å². The van der Waals surface area contributed by atoms with Crippen LogP contribution < -0.4 is 89.5 Å². The molecule has 0 spiro atoms. The van der Waals surface area contributed by atoms with Gasteiger partial charge >= 0.3 is 6.03 Å². The van der Waals surface area contributed by atoms with E-state index >= 15 is 0 Å². The SMILES string of the molecule is CNCCC1NC(=O)C(CC(C)C)NC(=O)C(Cc2ccccc2)NC(=O)C(CCNP)NC(=O)C(NC(=O)C(CCNP)NC(=O)C(NC(=O)C(CCNP)NC(=O)Nc2ccccc2Cl)C(C)O)CCNC(=O)C(C(C)O)NC(=O)C(CCNP)NC1=O. The summed E-state index contributed by atoms with van der Waals surface area (Å²) in [7, 11) is 10.7. The van der Waals surface area contributed by atoms with Crippen molar-refractivity contribution in [3.05, 3.63) is 65.2 Å². The number of amides is 12. The standard InChI is InChI=1S/C55H92ClN17O13P4/c1-29(2)27-41-51(82)66-35(15-21-57-5)45(76)65-39(19-25-61-89)49(80)72-43(30(3)74)53(84)58-22-16-36(46(77)64-37(17-23-59-87)48(79)69-42(52(83)68-41)28-32-11-7-6-8-12-32)63-47(78)38(18-24-60-88)67-54(85)44(31(4)75)73-50(81)40(20-26-62-90)71-55(86)70-34-14-10-9-13-33(34)56/h6-14,29-31,35-44,57,59-62,74-75H,15-28,87-90H2,1-5H3,(H,58,84)(H,63,78)(H,64,77)(H,65,76)(H,66,82)(H,67,85)(H,68,83)(H,69,79)(H,72,80)(H,73,81)(H2,70,71,86). The zero-order valence-corrected chi connectivity index (χ0v) is 56.5. The fraction of sp³-hybridized carbons (Fsp3) is 0.582. The highest BCUT2D eigenvalue weighted by atomic mass is 35.5. The van der Waals surface area contributed by atoms with Gasteiger partial charge in [-0.1, -0.05) is 105 Å². The van der Waals surface area contributed by atoms with Crippen molar-refractivity contribution in [1.82, 2.24) is 84.2 Å². The Bertz CT molecular complexity index is 2680. The number of urea groups is 1. The molecule has 0 bridgehead atoms. The Morgan fingerprint density at radius 3 is 1.59 bits per heavy atom. The Morgan fingerprint density at radius 2 is 1.06 bits per heavy atom. The third-order valence-electron chi connectivity index (χ3n) is 14.0. The molecule has 12 amide bonds. The quantitative estimate of drug-likeness (QED) is 0.0351. The maximum Gasteiger partial charge on any atom is 0.319 e. The molecule has 502 valence electrons. The Balaban J connectivity index is 2.14. The van der Waals surface area contributed by atoms with Crippen molar-refractivity contribution < 1.29 is 63.0 Å². The van der Waals surface area contributed by atoms with Crippen molar-refractivity contribution in [3.63, 3.8) is 0 Å². The van der Waals surface area contributed by atoms with Crippen LogP contribution in [-0.4, -0.2) is 194 Å². The van der Waals surface area contributed by atoms with Gasteiger partial charge < -0.3 is 99.7 Å². The first-order chi connectivity index (χ1) is 42.9. The first kappa shape index (κ1) is 78.4. The zero-order chi connectivity index (χ0) is 66.9. The van der Waals surface area contributed by atoms with Crippen LogP contribution in [0.25, 0.3) is 0 Å². The fourth-order valence-corrected chi connectivity index (χ4v) is 9.97. The molecule has 19 N–H and O–H groups in total. The minimum Gasteiger partial charge on any atom is -0.391 e. The number of carbonyl (C=O) groups excluding carboxylic acids is 11. The van der Waals surface area contributed by atoms with Crippen molar-refractivity contribution in [3.8, 4) is 0 Å². The lowest BCUT2D eigenvalue weighted by Crippen LogP contribution is -2.62. The third-order valence-corrected chi connectivity index (χ3v) is 15.5. The van der Waals surface area contributed by atoms with Gasteiger partial charge in [-0.2, -0.15) is 0 Å². The number of aliphatic hydroxyl groups is 2. The molecule has 16 unspecified atom stereocenters. The van der Waals surface area contributed by atoms with Crippen LogP contribution in [0.5, 0.6) is 0 Å². The minimum absolute atomic E-state index is 0.00404. The van der Waals surface area contributed by atoms with Gasteiger partial charge in [0.15, 0.2) is 0 Å². The second kappa shape index (κ2) is 42.3. The van der Waals surface area contributed by atoms with E-state index in [0.29, 0.717) is 5.56 Å². The normalized spacial score (nSPS) is 21.8. The molecule has 1 heterocycles. The molecule has 0 aromatic heterocycles. The molecule has 1 fully saturated rings. The number of carbonyl (C=O) groups is 11. The lowest BCUT2D eigenvalue weighted by Gasteiger charge is -2.29. The van der Waals surface area contributed by atoms with Gasteiger partial charge in [-0.15, -0.1) is 0 Å². The summed E-state index contributed by atoms with van der Waals surface area (Å²) in [4.78, 5) is 156. The maximum absolute atomic E-state index is 14.8. The molecule has 30 nitrogen and oxygen atoms in total. The molecule has 35 heteroatoms. The fourth-order valence-electron chi connectivity index (χ4n) is 9.12. The summed E-state index contributed by atoms with van der Waals surface area (Å²) in [5.74, 6) is -9.17. The summed E-state index contributed by atoms with van der Waals surface area (Å²) in [6, 6.07) is -0.372. The van der Waals surface area contributed by atoms with Crippen LogP contribution in [0, 0.1) is 5.92 Å². The Hall–Kier alpha value is -5.86. The Labute approximate surface area is 539 Å². The highest BCUT2D eigenvalue weighted by Gasteiger charge is 2.38. The van der Waals surface area contributed by atoms with E-state index in [1.54, 1.807) is 55.6 Å². The second-order valence-electron chi connectivity index (χ2n) is 21.8. The van der Waals surface area contributed by atoms with Crippen LogP contribution in [-0.2, 0) is 54.4 Å². The van der Waals surface area contributed by atoms with Gasteiger partial charge in [-0.05, 0) is 96.0 Å². The van der Waals surface area contributed by atoms with Gasteiger partial charge in [0.2, 0.25) is 59.1 Å². The average Bonchev–Trinajstić information content (AvgIpc) is 2.00. The molecular weight excluding hydrogens is 1270 g/mol. The lowest BCUT2D eigenvalue weighted by molar-refractivity contribution is -0.136. The van der Waals surface area contributed by atoms with Gasteiger partial charge in [0.25, 0.3) is 0 Å². The molecule has 16 atom stereocenters. The maximum atomic E-state index is 14.8. The molecule has 1 aliphatic heterocycles. The van der Waals surface area contributed by atoms with E-state index in [9.17, 15) is 63.0 Å². The predicted octanol–water partition coefficient (Wildman–Crippen LogP) is -3.55. The van der Waals surface area contributed by atoms with Gasteiger partial charge in [-0.25, -0.2) is 4.79 Å². The van der Waals surface area contributed by atoms with E-state index < -0.39 is 151 Å². The highest BCUT2D eigenvalue weighted by Crippen LogP contribution is 2.20. The summed E-state index contributed by atoms with van der Waals surface area (Å²) in [5.41, 5.74) is 0.851. The monoisotopic (exact) mass is 1360 g/mol. The molecule has 3 rings (SSSR count).